The molecule has 0 aliphatic carbocycles. The summed E-state index contributed by atoms with van der Waals surface area (Å²) in [6.45, 7) is 3.23. The predicted octanol–water partition coefficient (Wildman–Crippen LogP) is 0.283. The first-order valence-electron chi connectivity index (χ1n) is 5.90. The number of amides is 3. The lowest BCUT2D eigenvalue weighted by molar-refractivity contribution is -0.124. The van der Waals surface area contributed by atoms with Crippen LogP contribution in [0, 0.1) is 0 Å². The van der Waals surface area contributed by atoms with Crippen LogP contribution in [0.1, 0.15) is 25.5 Å². The number of hydrogen-bond donors (Lipinski definition) is 4. The Hall–Kier alpha value is -2.08. The van der Waals surface area contributed by atoms with Gasteiger partial charge in [-0.1, -0.05) is 30.3 Å². The normalized spacial score (nSPS) is 12.6. The Bertz CT molecular complexity index is 440. The summed E-state index contributed by atoms with van der Waals surface area (Å²) < 4.78 is 0. The largest absolute Gasteiger partial charge is 0.389 e. The monoisotopic (exact) mass is 265 g/mol. The van der Waals surface area contributed by atoms with E-state index in [9.17, 15) is 14.7 Å². The van der Waals surface area contributed by atoms with Crippen LogP contribution < -0.4 is 16.4 Å². The van der Waals surface area contributed by atoms with Gasteiger partial charge >= 0.3 is 6.03 Å². The highest BCUT2D eigenvalue weighted by Crippen LogP contribution is 2.12. The number of aliphatic hydroxyl groups is 1. The minimum atomic E-state index is -1.02. The average molecular weight is 265 g/mol. The van der Waals surface area contributed by atoms with Gasteiger partial charge in [-0.05, 0) is 19.4 Å². The average Bonchev–Trinajstić information content (AvgIpc) is 2.33. The summed E-state index contributed by atoms with van der Waals surface area (Å²) >= 11 is 0. The number of rotatable bonds is 5. The van der Waals surface area contributed by atoms with E-state index < -0.39 is 23.6 Å². The van der Waals surface area contributed by atoms with Gasteiger partial charge in [-0.3, -0.25) is 4.79 Å². The summed E-state index contributed by atoms with van der Waals surface area (Å²) in [4.78, 5) is 23.0. The van der Waals surface area contributed by atoms with E-state index in [1.807, 2.05) is 0 Å². The lowest BCUT2D eigenvalue weighted by Crippen LogP contribution is -2.46. The molecule has 1 rings (SSSR count). The Balaban J connectivity index is 2.80. The molecule has 1 atom stereocenters. The Morgan fingerprint density at radius 2 is 1.89 bits per heavy atom. The van der Waals surface area contributed by atoms with Crippen molar-refractivity contribution in [3.05, 3.63) is 35.9 Å². The van der Waals surface area contributed by atoms with E-state index in [2.05, 4.69) is 10.6 Å². The van der Waals surface area contributed by atoms with Crippen molar-refractivity contribution in [3.8, 4) is 0 Å². The maximum atomic E-state index is 12.0. The second-order valence-corrected chi connectivity index (χ2v) is 4.88. The van der Waals surface area contributed by atoms with E-state index in [-0.39, 0.29) is 6.54 Å². The van der Waals surface area contributed by atoms with E-state index in [0.29, 0.717) is 5.56 Å². The van der Waals surface area contributed by atoms with Gasteiger partial charge in [0.25, 0.3) is 0 Å². The molecule has 0 spiro atoms. The quantitative estimate of drug-likeness (QED) is 0.614. The zero-order valence-electron chi connectivity index (χ0n) is 11.0. The molecule has 1 unspecified atom stereocenters. The van der Waals surface area contributed by atoms with Crippen molar-refractivity contribution >= 4 is 11.9 Å². The van der Waals surface area contributed by atoms with Crippen LogP contribution in [-0.2, 0) is 4.79 Å². The van der Waals surface area contributed by atoms with Gasteiger partial charge in [0.15, 0.2) is 0 Å². The minimum absolute atomic E-state index is 0.0790. The highest BCUT2D eigenvalue weighted by atomic mass is 16.3. The molecule has 6 heteroatoms. The highest BCUT2D eigenvalue weighted by Gasteiger charge is 2.23. The maximum Gasteiger partial charge on any atom is 0.313 e. The van der Waals surface area contributed by atoms with Gasteiger partial charge in [0.1, 0.15) is 6.04 Å². The fraction of sp³-hybridized carbons (Fsp3) is 0.385. The zero-order valence-corrected chi connectivity index (χ0v) is 11.0. The summed E-state index contributed by atoms with van der Waals surface area (Å²) in [5.74, 6) is -0.424. The van der Waals surface area contributed by atoms with Crippen molar-refractivity contribution in [3.63, 3.8) is 0 Å². The third-order valence-electron chi connectivity index (χ3n) is 2.38. The smallest absolute Gasteiger partial charge is 0.313 e. The summed E-state index contributed by atoms with van der Waals surface area (Å²) in [5.41, 5.74) is 4.67. The van der Waals surface area contributed by atoms with Crippen LogP contribution in [0.5, 0.6) is 0 Å². The Labute approximate surface area is 112 Å². The third kappa shape index (κ3) is 5.39. The van der Waals surface area contributed by atoms with E-state index in [4.69, 9.17) is 5.73 Å². The second kappa shape index (κ2) is 6.19. The first-order valence-corrected chi connectivity index (χ1v) is 5.90. The van der Waals surface area contributed by atoms with Crippen LogP contribution in [0.15, 0.2) is 30.3 Å². The third-order valence-corrected chi connectivity index (χ3v) is 2.38. The Morgan fingerprint density at radius 1 is 1.32 bits per heavy atom. The lowest BCUT2D eigenvalue weighted by atomic mass is 10.1. The molecule has 0 aliphatic heterocycles. The molecule has 5 N–H and O–H groups in total. The van der Waals surface area contributed by atoms with Crippen LogP contribution in [0.3, 0.4) is 0 Å². The molecule has 0 bridgehead atoms. The summed E-state index contributed by atoms with van der Waals surface area (Å²) in [6.07, 6.45) is 0. The van der Waals surface area contributed by atoms with Crippen molar-refractivity contribution in [2.75, 3.05) is 6.54 Å². The molecule has 1 aromatic carbocycles. The van der Waals surface area contributed by atoms with E-state index >= 15 is 0 Å². The van der Waals surface area contributed by atoms with Crippen LogP contribution in [0.25, 0.3) is 0 Å². The number of nitrogens with one attached hydrogen (secondary N) is 2. The molecular weight excluding hydrogens is 246 g/mol. The van der Waals surface area contributed by atoms with E-state index in [1.54, 1.807) is 44.2 Å². The van der Waals surface area contributed by atoms with Gasteiger partial charge in [0, 0.05) is 6.54 Å². The Kier molecular flexibility index (Phi) is 4.88. The van der Waals surface area contributed by atoms with Crippen LogP contribution in [0.4, 0.5) is 4.79 Å². The molecule has 6 nitrogen and oxygen atoms in total. The molecule has 0 saturated heterocycles. The number of nitrogens with two attached hydrogens (primary N) is 1. The van der Waals surface area contributed by atoms with Gasteiger partial charge in [0.2, 0.25) is 5.91 Å². The molecule has 0 aliphatic rings. The number of primary amides is 1. The molecule has 19 heavy (non-hydrogen) atoms. The molecule has 0 radical (unpaired) electrons. The number of benzene rings is 1. The number of carbonyl (C=O) groups excluding carboxylic acids is 2. The van der Waals surface area contributed by atoms with Crippen LogP contribution >= 0.6 is 0 Å². The molecule has 0 saturated carbocycles. The van der Waals surface area contributed by atoms with E-state index in [0.717, 1.165) is 0 Å². The van der Waals surface area contributed by atoms with Crippen LogP contribution in [0.2, 0.25) is 0 Å². The summed E-state index contributed by atoms with van der Waals surface area (Å²) in [7, 11) is 0. The fourth-order valence-corrected chi connectivity index (χ4v) is 1.49. The molecule has 1 aromatic rings. The minimum Gasteiger partial charge on any atom is -0.389 e. The van der Waals surface area contributed by atoms with Gasteiger partial charge in [0.05, 0.1) is 5.60 Å². The second-order valence-electron chi connectivity index (χ2n) is 4.88. The van der Waals surface area contributed by atoms with Gasteiger partial charge in [-0.2, -0.15) is 0 Å². The van der Waals surface area contributed by atoms with Gasteiger partial charge in [-0.15, -0.1) is 0 Å². The van der Waals surface area contributed by atoms with Crippen molar-refractivity contribution in [1.82, 2.24) is 10.6 Å². The number of hydrogen-bond acceptors (Lipinski definition) is 3. The fourth-order valence-electron chi connectivity index (χ4n) is 1.49. The standard InChI is InChI=1S/C13H19N3O3/c1-13(2,19)8-15-11(17)10(16-12(14)18)9-6-4-3-5-7-9/h3-7,10,19H,8H2,1-2H3,(H,15,17)(H3,14,16,18). The summed E-state index contributed by atoms with van der Waals surface area (Å²) in [5, 5.41) is 14.5. The maximum absolute atomic E-state index is 12.0. The zero-order chi connectivity index (χ0) is 14.5. The predicted molar refractivity (Wildman–Crippen MR) is 71.2 cm³/mol. The van der Waals surface area contributed by atoms with Crippen molar-refractivity contribution in [2.24, 2.45) is 5.73 Å². The topological polar surface area (TPSA) is 104 Å². The molecule has 0 heterocycles. The molecule has 104 valence electrons. The van der Waals surface area contributed by atoms with Gasteiger partial charge < -0.3 is 21.5 Å². The molecule has 3 amide bonds. The van der Waals surface area contributed by atoms with Crippen molar-refractivity contribution in [2.45, 2.75) is 25.5 Å². The lowest BCUT2D eigenvalue weighted by Gasteiger charge is -2.22. The Morgan fingerprint density at radius 3 is 2.37 bits per heavy atom. The molecule has 0 fully saturated rings. The first kappa shape index (κ1) is 15.0. The first-order chi connectivity index (χ1) is 8.79. The number of urea groups is 1. The molecule has 0 aromatic heterocycles. The van der Waals surface area contributed by atoms with E-state index in [1.165, 1.54) is 0 Å². The summed E-state index contributed by atoms with van der Waals surface area (Å²) in [6, 6.07) is 7.09. The van der Waals surface area contributed by atoms with Crippen molar-refractivity contribution in [1.29, 1.82) is 0 Å². The van der Waals surface area contributed by atoms with Gasteiger partial charge in [-0.25, -0.2) is 4.79 Å². The number of carbonyl (C=O) groups is 2. The highest BCUT2D eigenvalue weighted by molar-refractivity contribution is 5.87. The van der Waals surface area contributed by atoms with Crippen molar-refractivity contribution < 1.29 is 14.7 Å². The van der Waals surface area contributed by atoms with Crippen LogP contribution in [-0.4, -0.2) is 29.2 Å². The SMILES string of the molecule is CC(C)(O)CNC(=O)C(NC(N)=O)c1ccccc1. The molecular formula is C13H19N3O3.